The van der Waals surface area contributed by atoms with Crippen LogP contribution in [0.1, 0.15) is 43.2 Å². The van der Waals surface area contributed by atoms with Gasteiger partial charge in [-0.1, -0.05) is 19.3 Å². The highest BCUT2D eigenvalue weighted by atomic mass is 16.5. The van der Waals surface area contributed by atoms with Gasteiger partial charge in [-0.15, -0.1) is 0 Å². The number of benzene rings is 1. The molecule has 2 saturated heterocycles. The maximum Gasteiger partial charge on any atom is 0.329 e. The Morgan fingerprint density at radius 1 is 0.968 bits per heavy atom. The van der Waals surface area contributed by atoms with Crippen molar-refractivity contribution in [1.82, 2.24) is 10.2 Å². The van der Waals surface area contributed by atoms with Crippen LogP contribution in [-0.4, -0.2) is 69.4 Å². The van der Waals surface area contributed by atoms with Crippen LogP contribution in [0.4, 0.5) is 4.79 Å². The fourth-order valence-corrected chi connectivity index (χ4v) is 5.31. The SMILES string of the molecule is COc1cc(C)c(C[NH+]2CC[NH+](CN3C(=O)NC4(CCCCC4)C3=O)CC2)cc1OC. The van der Waals surface area contributed by atoms with Crippen molar-refractivity contribution in [3.8, 4) is 11.5 Å². The fourth-order valence-electron chi connectivity index (χ4n) is 5.31. The van der Waals surface area contributed by atoms with Gasteiger partial charge in [0.2, 0.25) is 0 Å². The van der Waals surface area contributed by atoms with Crippen LogP contribution >= 0.6 is 0 Å². The van der Waals surface area contributed by atoms with Gasteiger partial charge in [-0.05, 0) is 37.5 Å². The number of aryl methyl sites for hydroxylation is 1. The Labute approximate surface area is 184 Å². The van der Waals surface area contributed by atoms with Crippen LogP contribution in [-0.2, 0) is 11.3 Å². The first kappa shape index (κ1) is 21.9. The van der Waals surface area contributed by atoms with E-state index in [2.05, 4.69) is 18.3 Å². The summed E-state index contributed by atoms with van der Waals surface area (Å²) in [6.45, 7) is 7.45. The van der Waals surface area contributed by atoms with E-state index in [1.165, 1.54) is 25.8 Å². The average molecular weight is 433 g/mol. The van der Waals surface area contributed by atoms with Gasteiger partial charge in [-0.3, -0.25) is 4.79 Å². The number of nitrogens with one attached hydrogen (secondary N) is 3. The minimum Gasteiger partial charge on any atom is -0.493 e. The molecule has 3 fully saturated rings. The van der Waals surface area contributed by atoms with Crippen LogP contribution in [0.3, 0.4) is 0 Å². The molecule has 0 radical (unpaired) electrons. The van der Waals surface area contributed by atoms with Crippen LogP contribution in [0, 0.1) is 6.92 Å². The van der Waals surface area contributed by atoms with Crippen LogP contribution in [0.2, 0.25) is 0 Å². The minimum absolute atomic E-state index is 0.000397. The third-order valence-electron chi connectivity index (χ3n) is 7.28. The predicted molar refractivity (Wildman–Crippen MR) is 115 cm³/mol. The summed E-state index contributed by atoms with van der Waals surface area (Å²) in [7, 11) is 3.32. The van der Waals surface area contributed by atoms with Crippen molar-refractivity contribution in [2.75, 3.05) is 47.1 Å². The van der Waals surface area contributed by atoms with E-state index >= 15 is 0 Å². The summed E-state index contributed by atoms with van der Waals surface area (Å²) in [5, 5.41) is 3.02. The second-order valence-corrected chi connectivity index (χ2v) is 9.27. The van der Waals surface area contributed by atoms with Crippen molar-refractivity contribution in [1.29, 1.82) is 0 Å². The molecule has 8 heteroatoms. The van der Waals surface area contributed by atoms with Crippen molar-refractivity contribution >= 4 is 11.9 Å². The molecule has 1 aromatic rings. The van der Waals surface area contributed by atoms with Gasteiger partial charge in [-0.2, -0.15) is 0 Å². The highest BCUT2D eigenvalue weighted by Crippen LogP contribution is 2.33. The standard InChI is InChI=1S/C23H34N4O4/c1-17-13-19(30-2)20(31-3)14-18(17)15-25-9-11-26(12-10-25)16-27-21(28)23(24-22(27)29)7-5-4-6-8-23/h13-14H,4-12,15-16H2,1-3H3,(H,24,29)/p+2. The molecular weight excluding hydrogens is 396 g/mol. The lowest BCUT2D eigenvalue weighted by Crippen LogP contribution is -3.28. The Balaban J connectivity index is 1.32. The molecule has 1 spiro atoms. The highest BCUT2D eigenvalue weighted by Gasteiger charge is 2.52. The molecule has 1 saturated carbocycles. The van der Waals surface area contributed by atoms with E-state index in [0.717, 1.165) is 76.3 Å². The number of amides is 3. The average Bonchev–Trinajstić information content (AvgIpc) is 3.00. The summed E-state index contributed by atoms with van der Waals surface area (Å²) < 4.78 is 10.9. The van der Waals surface area contributed by atoms with Gasteiger partial charge >= 0.3 is 6.03 Å². The molecule has 4 rings (SSSR count). The maximum atomic E-state index is 13.0. The number of carbonyl (C=O) groups is 2. The van der Waals surface area contributed by atoms with Crippen molar-refractivity contribution in [2.45, 2.75) is 51.1 Å². The van der Waals surface area contributed by atoms with Gasteiger partial charge in [0.25, 0.3) is 5.91 Å². The third kappa shape index (κ3) is 4.36. The van der Waals surface area contributed by atoms with Gasteiger partial charge in [0, 0.05) is 5.56 Å². The predicted octanol–water partition coefficient (Wildman–Crippen LogP) is -0.492. The van der Waals surface area contributed by atoms with Gasteiger partial charge in [0.05, 0.1) is 14.2 Å². The summed E-state index contributed by atoms with van der Waals surface area (Å²) in [4.78, 5) is 29.9. The zero-order valence-corrected chi connectivity index (χ0v) is 19.0. The molecule has 3 amide bonds. The number of quaternary nitrogens is 2. The quantitative estimate of drug-likeness (QED) is 0.530. The van der Waals surface area contributed by atoms with E-state index in [-0.39, 0.29) is 11.9 Å². The molecule has 1 aliphatic carbocycles. The number of imide groups is 1. The molecular formula is C23H36N4O4+2. The number of methoxy groups -OCH3 is 2. The summed E-state index contributed by atoms with van der Waals surface area (Å²) >= 11 is 0. The van der Waals surface area contributed by atoms with Crippen molar-refractivity contribution < 1.29 is 28.9 Å². The Kier molecular flexibility index (Phi) is 6.39. The van der Waals surface area contributed by atoms with Gasteiger partial charge in [0.15, 0.2) is 18.2 Å². The number of nitrogens with zero attached hydrogens (tertiary/aromatic N) is 1. The van der Waals surface area contributed by atoms with Crippen molar-refractivity contribution in [3.63, 3.8) is 0 Å². The number of ether oxygens (including phenoxy) is 2. The molecule has 3 N–H and O–H groups in total. The fraction of sp³-hybridized carbons (Fsp3) is 0.652. The van der Waals surface area contributed by atoms with E-state index < -0.39 is 5.54 Å². The van der Waals surface area contributed by atoms with E-state index in [0.29, 0.717) is 6.67 Å². The van der Waals surface area contributed by atoms with Gasteiger partial charge in [-0.25, -0.2) is 9.69 Å². The zero-order chi connectivity index (χ0) is 22.0. The van der Waals surface area contributed by atoms with Crippen molar-refractivity contribution in [3.05, 3.63) is 23.3 Å². The molecule has 0 atom stereocenters. The monoisotopic (exact) mass is 432 g/mol. The van der Waals surface area contributed by atoms with Crippen molar-refractivity contribution in [2.24, 2.45) is 0 Å². The molecule has 31 heavy (non-hydrogen) atoms. The maximum absolute atomic E-state index is 13.0. The smallest absolute Gasteiger partial charge is 0.329 e. The summed E-state index contributed by atoms with van der Waals surface area (Å²) in [5.74, 6) is 1.53. The molecule has 0 bridgehead atoms. The number of carbonyl (C=O) groups excluding carboxylic acids is 2. The Bertz CT molecular complexity index is 829. The summed E-state index contributed by atoms with van der Waals surface area (Å²) in [5.41, 5.74) is 1.86. The van der Waals surface area contributed by atoms with Crippen LogP contribution in [0.25, 0.3) is 0 Å². The molecule has 0 unspecified atom stereocenters. The van der Waals surface area contributed by atoms with Crippen LogP contribution in [0.5, 0.6) is 11.5 Å². The van der Waals surface area contributed by atoms with Crippen LogP contribution < -0.4 is 24.6 Å². The molecule has 1 aromatic carbocycles. The second kappa shape index (κ2) is 9.04. The Morgan fingerprint density at radius 3 is 2.23 bits per heavy atom. The third-order valence-corrected chi connectivity index (χ3v) is 7.28. The summed E-state index contributed by atoms with van der Waals surface area (Å²) in [6, 6.07) is 3.92. The normalized spacial score (nSPS) is 25.6. The number of rotatable bonds is 6. The Hall–Kier alpha value is -2.32. The zero-order valence-electron chi connectivity index (χ0n) is 19.0. The molecule has 2 heterocycles. The first-order valence-corrected chi connectivity index (χ1v) is 11.5. The lowest BCUT2D eigenvalue weighted by molar-refractivity contribution is -1.02. The lowest BCUT2D eigenvalue weighted by Gasteiger charge is -2.32. The molecule has 2 aliphatic heterocycles. The van der Waals surface area contributed by atoms with E-state index in [1.807, 2.05) is 6.07 Å². The van der Waals surface area contributed by atoms with E-state index in [9.17, 15) is 9.59 Å². The number of piperazine rings is 1. The molecule has 3 aliphatic rings. The first-order chi connectivity index (χ1) is 15.0. The number of hydrogen-bond donors (Lipinski definition) is 3. The Morgan fingerprint density at radius 2 is 1.58 bits per heavy atom. The lowest BCUT2D eigenvalue weighted by atomic mass is 9.82. The van der Waals surface area contributed by atoms with Crippen LogP contribution in [0.15, 0.2) is 12.1 Å². The van der Waals surface area contributed by atoms with E-state index in [1.54, 1.807) is 14.2 Å². The van der Waals surface area contributed by atoms with E-state index in [4.69, 9.17) is 9.47 Å². The molecule has 0 aromatic heterocycles. The molecule has 170 valence electrons. The van der Waals surface area contributed by atoms with Gasteiger partial charge in [0.1, 0.15) is 38.3 Å². The topological polar surface area (TPSA) is 76.8 Å². The largest absolute Gasteiger partial charge is 0.493 e. The second-order valence-electron chi connectivity index (χ2n) is 9.27. The number of urea groups is 1. The first-order valence-electron chi connectivity index (χ1n) is 11.5. The number of hydrogen-bond acceptors (Lipinski definition) is 4. The summed E-state index contributed by atoms with van der Waals surface area (Å²) in [6.07, 6.45) is 4.76. The highest BCUT2D eigenvalue weighted by molar-refractivity contribution is 6.06. The minimum atomic E-state index is -0.618. The molecule has 8 nitrogen and oxygen atoms in total. The van der Waals surface area contributed by atoms with Gasteiger partial charge < -0.3 is 24.6 Å².